The molecule has 180 valence electrons. The van der Waals surface area contributed by atoms with Crippen LogP contribution in [0.25, 0.3) is 10.9 Å². The van der Waals surface area contributed by atoms with Gasteiger partial charge in [0.05, 0.1) is 39.2 Å². The number of hydrogen-bond donors (Lipinski definition) is 2. The van der Waals surface area contributed by atoms with Gasteiger partial charge < -0.3 is 10.6 Å². The Morgan fingerprint density at radius 3 is 2.51 bits per heavy atom. The summed E-state index contributed by atoms with van der Waals surface area (Å²) in [6, 6.07) is 15.1. The number of thioether (sulfide) groups is 1. The first kappa shape index (κ1) is 24.5. The molecule has 4 rings (SSSR count). The number of alkyl halides is 3. The minimum atomic E-state index is -4.63. The second-order valence-corrected chi connectivity index (χ2v) is 9.44. The van der Waals surface area contributed by atoms with E-state index in [1.165, 1.54) is 24.3 Å². The number of nitrogens with one attached hydrogen (secondary N) is 2. The Bertz CT molecular complexity index is 1330. The highest BCUT2D eigenvalue weighted by molar-refractivity contribution is 7.99. The van der Waals surface area contributed by atoms with E-state index < -0.39 is 23.2 Å². The highest BCUT2D eigenvalue weighted by Crippen LogP contribution is 2.39. The summed E-state index contributed by atoms with van der Waals surface area (Å²) < 4.78 is 40.1. The zero-order chi connectivity index (χ0) is 25.2. The van der Waals surface area contributed by atoms with Crippen molar-refractivity contribution in [2.75, 3.05) is 11.1 Å². The van der Waals surface area contributed by atoms with Gasteiger partial charge >= 0.3 is 6.18 Å². The van der Waals surface area contributed by atoms with Crippen LogP contribution in [0.4, 0.5) is 18.9 Å². The fraction of sp³-hybridized carbons (Fsp3) is 0.280. The molecule has 1 aromatic heterocycles. The number of carbonyl (C=O) groups is 2. The van der Waals surface area contributed by atoms with Crippen molar-refractivity contribution in [3.8, 4) is 6.07 Å². The second-order valence-electron chi connectivity index (χ2n) is 8.45. The predicted molar refractivity (Wildman–Crippen MR) is 127 cm³/mol. The normalized spacial score (nSPS) is 15.2. The molecule has 0 bridgehead atoms. The van der Waals surface area contributed by atoms with Gasteiger partial charge in [0.15, 0.2) is 0 Å². The molecule has 10 heteroatoms. The van der Waals surface area contributed by atoms with Crippen LogP contribution in [0, 0.1) is 17.2 Å². The molecule has 3 aromatic rings. The van der Waals surface area contributed by atoms with Crippen LogP contribution in [0.1, 0.15) is 35.7 Å². The van der Waals surface area contributed by atoms with Gasteiger partial charge in [0.25, 0.3) is 5.91 Å². The largest absolute Gasteiger partial charge is 0.418 e. The van der Waals surface area contributed by atoms with Gasteiger partial charge in [-0.15, -0.1) is 0 Å². The number of hydrogen-bond acceptors (Lipinski definition) is 5. The van der Waals surface area contributed by atoms with Crippen molar-refractivity contribution in [1.82, 2.24) is 10.3 Å². The van der Waals surface area contributed by atoms with E-state index in [1.807, 2.05) is 0 Å². The molecular formula is C25H21F3N4O2S. The van der Waals surface area contributed by atoms with Gasteiger partial charge in [0.1, 0.15) is 5.54 Å². The van der Waals surface area contributed by atoms with Gasteiger partial charge in [0.2, 0.25) is 5.91 Å². The van der Waals surface area contributed by atoms with E-state index in [-0.39, 0.29) is 28.8 Å². The minimum absolute atomic E-state index is 0.0344. The van der Waals surface area contributed by atoms with Crippen molar-refractivity contribution in [1.29, 1.82) is 5.26 Å². The van der Waals surface area contributed by atoms with E-state index in [1.54, 1.807) is 31.2 Å². The summed E-state index contributed by atoms with van der Waals surface area (Å²) in [4.78, 5) is 30.0. The molecule has 1 fully saturated rings. The van der Waals surface area contributed by atoms with Crippen LogP contribution in [-0.4, -0.2) is 28.1 Å². The minimum Gasteiger partial charge on any atom is -0.337 e. The van der Waals surface area contributed by atoms with E-state index in [0.717, 1.165) is 30.7 Å². The van der Waals surface area contributed by atoms with E-state index in [0.29, 0.717) is 15.9 Å². The predicted octanol–water partition coefficient (Wildman–Crippen LogP) is 5.41. The maximum absolute atomic E-state index is 13.4. The molecule has 2 amide bonds. The summed E-state index contributed by atoms with van der Waals surface area (Å²) in [5.41, 5.74) is -1.63. The Balaban J connectivity index is 1.57. The number of fused-ring (bicyclic) bond motifs is 1. The molecular weight excluding hydrogens is 477 g/mol. The van der Waals surface area contributed by atoms with Gasteiger partial charge in [-0.25, -0.2) is 4.98 Å². The molecule has 1 aliphatic carbocycles. The van der Waals surface area contributed by atoms with Gasteiger partial charge in [-0.3, -0.25) is 9.59 Å². The number of halogens is 3. The molecule has 35 heavy (non-hydrogen) atoms. The summed E-state index contributed by atoms with van der Waals surface area (Å²) in [7, 11) is 0. The van der Waals surface area contributed by atoms with E-state index >= 15 is 0 Å². The number of aromatic nitrogens is 1. The summed E-state index contributed by atoms with van der Waals surface area (Å²) in [5.74, 6) is -0.966. The van der Waals surface area contributed by atoms with Gasteiger partial charge in [-0.1, -0.05) is 42.1 Å². The van der Waals surface area contributed by atoms with E-state index in [2.05, 4.69) is 21.7 Å². The molecule has 2 aromatic carbocycles. The molecule has 1 saturated carbocycles. The number of para-hydroxylation sites is 2. The third kappa shape index (κ3) is 5.57. The monoisotopic (exact) mass is 498 g/mol. The van der Waals surface area contributed by atoms with Crippen LogP contribution in [0.15, 0.2) is 59.6 Å². The van der Waals surface area contributed by atoms with E-state index in [9.17, 15) is 28.0 Å². The standard InChI is InChI=1S/C25H21F3N4O2S/c1-24(14-29,15-10-11-15)32-21(33)13-35-22-12-17(16-6-2-4-8-19(16)30-22)23(34)31-20-9-5-3-7-18(20)25(26,27)28/h2-9,12,15H,10-11,13H2,1H3,(H,31,34)(H,32,33)/t24-/m1/s1. The van der Waals surface area contributed by atoms with Crippen molar-refractivity contribution in [3.05, 3.63) is 65.7 Å². The number of benzene rings is 2. The number of nitrogens with zero attached hydrogens (tertiary/aromatic N) is 2. The van der Waals surface area contributed by atoms with Gasteiger partial charge in [-0.05, 0) is 49.9 Å². The van der Waals surface area contributed by atoms with Crippen LogP contribution >= 0.6 is 11.8 Å². The van der Waals surface area contributed by atoms with Crippen molar-refractivity contribution in [2.45, 2.75) is 36.5 Å². The topological polar surface area (TPSA) is 94.9 Å². The summed E-state index contributed by atoms with van der Waals surface area (Å²) in [6.45, 7) is 1.70. The van der Waals surface area contributed by atoms with Crippen molar-refractivity contribution < 1.29 is 22.8 Å². The first-order valence-electron chi connectivity index (χ1n) is 10.8. The summed E-state index contributed by atoms with van der Waals surface area (Å²) in [6.07, 6.45) is -2.85. The lowest BCUT2D eigenvalue weighted by atomic mass is 9.98. The number of rotatable bonds is 7. The highest BCUT2D eigenvalue weighted by atomic mass is 32.2. The molecule has 0 unspecified atom stereocenters. The molecule has 0 radical (unpaired) electrons. The number of anilines is 1. The third-order valence-corrected chi connectivity index (χ3v) is 6.71. The summed E-state index contributed by atoms with van der Waals surface area (Å²) in [5, 5.41) is 15.4. The van der Waals surface area contributed by atoms with Gasteiger partial charge in [-0.2, -0.15) is 18.4 Å². The third-order valence-electron chi connectivity index (χ3n) is 5.79. The number of pyridine rings is 1. The molecule has 0 saturated heterocycles. The van der Waals surface area contributed by atoms with Crippen molar-refractivity contribution in [3.63, 3.8) is 0 Å². The summed E-state index contributed by atoms with van der Waals surface area (Å²) >= 11 is 1.08. The Kier molecular flexibility index (Phi) is 6.72. The molecule has 0 aliphatic heterocycles. The smallest absolute Gasteiger partial charge is 0.337 e. The van der Waals surface area contributed by atoms with Gasteiger partial charge in [0, 0.05) is 5.39 Å². The average molecular weight is 499 g/mol. The van der Waals surface area contributed by atoms with E-state index in [4.69, 9.17) is 0 Å². The average Bonchev–Trinajstić information content (AvgIpc) is 3.68. The Labute approximate surface area is 203 Å². The zero-order valence-electron chi connectivity index (χ0n) is 18.6. The lowest BCUT2D eigenvalue weighted by Gasteiger charge is -2.22. The lowest BCUT2D eigenvalue weighted by molar-refractivity contribution is -0.137. The SMILES string of the molecule is C[C@](C#N)(NC(=O)CSc1cc(C(=O)Nc2ccccc2C(F)(F)F)c2ccccc2n1)C1CC1. The maximum atomic E-state index is 13.4. The van der Waals surface area contributed by atoms with Crippen molar-refractivity contribution >= 4 is 40.2 Å². The van der Waals surface area contributed by atoms with Crippen LogP contribution in [0.3, 0.4) is 0 Å². The second kappa shape index (κ2) is 9.58. The number of amides is 2. The van der Waals surface area contributed by atoms with Crippen LogP contribution in [-0.2, 0) is 11.0 Å². The quantitative estimate of drug-likeness (QED) is 0.425. The van der Waals surface area contributed by atoms with Crippen molar-refractivity contribution in [2.24, 2.45) is 5.92 Å². The number of nitriles is 1. The maximum Gasteiger partial charge on any atom is 0.418 e. The number of carbonyl (C=O) groups excluding carboxylic acids is 2. The fourth-order valence-electron chi connectivity index (χ4n) is 3.79. The first-order chi connectivity index (χ1) is 16.6. The Morgan fingerprint density at radius 1 is 1.14 bits per heavy atom. The Hall–Kier alpha value is -3.58. The first-order valence-corrected chi connectivity index (χ1v) is 11.8. The highest BCUT2D eigenvalue weighted by Gasteiger charge is 2.43. The van der Waals surface area contributed by atoms with Crippen LogP contribution in [0.5, 0.6) is 0 Å². The zero-order valence-corrected chi connectivity index (χ0v) is 19.5. The molecule has 2 N–H and O–H groups in total. The Morgan fingerprint density at radius 2 is 1.83 bits per heavy atom. The lowest BCUT2D eigenvalue weighted by Crippen LogP contribution is -2.47. The molecule has 0 spiro atoms. The molecule has 1 atom stereocenters. The van der Waals surface area contributed by atoms with Crippen LogP contribution in [0.2, 0.25) is 0 Å². The molecule has 6 nitrogen and oxygen atoms in total. The molecule has 1 aliphatic rings. The molecule has 1 heterocycles. The van der Waals surface area contributed by atoms with Crippen LogP contribution < -0.4 is 10.6 Å². The fourth-order valence-corrected chi connectivity index (χ4v) is 4.50.